The lowest BCUT2D eigenvalue weighted by molar-refractivity contribution is -0.214. The van der Waals surface area contributed by atoms with Gasteiger partial charge in [-0.3, -0.25) is 4.98 Å². The summed E-state index contributed by atoms with van der Waals surface area (Å²) in [5.41, 5.74) is -0.0367. The van der Waals surface area contributed by atoms with Crippen LogP contribution in [-0.4, -0.2) is 34.9 Å². The Bertz CT molecular complexity index is 618. The minimum Gasteiger partial charge on any atom is -0.478 e. The summed E-state index contributed by atoms with van der Waals surface area (Å²) in [4.78, 5) is 14.6. The molecule has 0 aliphatic heterocycles. The van der Waals surface area contributed by atoms with E-state index in [2.05, 4.69) is 4.98 Å². The highest BCUT2D eigenvalue weighted by Gasteiger charge is 2.54. The predicted molar refractivity (Wildman–Crippen MR) is 70.6 cm³/mol. The molecule has 0 bridgehead atoms. The maximum absolute atomic E-state index is 13.9. The standard InChI is InChI=1S/C15H15F4NO3/c16-11-1-8(13(21)22)6-20-12(11)9-2-14(3-9)4-10(5-14)23-7-15(17,18)19/h1,6,9-10H,2-5,7H2,(H,21,22). The molecule has 1 spiro atoms. The van der Waals surface area contributed by atoms with E-state index in [-0.39, 0.29) is 28.7 Å². The molecule has 4 nitrogen and oxygen atoms in total. The number of aromatic nitrogens is 1. The molecule has 0 aromatic carbocycles. The summed E-state index contributed by atoms with van der Waals surface area (Å²) in [6.45, 7) is -1.23. The summed E-state index contributed by atoms with van der Waals surface area (Å²) in [5.74, 6) is -1.99. The lowest BCUT2D eigenvalue weighted by atomic mass is 9.50. The Hall–Kier alpha value is -1.70. The van der Waals surface area contributed by atoms with E-state index in [1.807, 2.05) is 0 Å². The van der Waals surface area contributed by atoms with E-state index in [1.165, 1.54) is 0 Å². The Labute approximate surface area is 129 Å². The van der Waals surface area contributed by atoms with E-state index in [0.29, 0.717) is 25.7 Å². The number of alkyl halides is 3. The van der Waals surface area contributed by atoms with Crippen molar-refractivity contribution < 1.29 is 32.2 Å². The van der Waals surface area contributed by atoms with E-state index >= 15 is 0 Å². The molecule has 23 heavy (non-hydrogen) atoms. The van der Waals surface area contributed by atoms with Crippen LogP contribution in [0.1, 0.15) is 47.7 Å². The molecule has 2 aliphatic carbocycles. The number of rotatable bonds is 4. The third kappa shape index (κ3) is 3.31. The van der Waals surface area contributed by atoms with E-state index in [1.54, 1.807) is 0 Å². The lowest BCUT2D eigenvalue weighted by Gasteiger charge is -2.57. The van der Waals surface area contributed by atoms with Crippen LogP contribution >= 0.6 is 0 Å². The first kappa shape index (κ1) is 16.2. The van der Waals surface area contributed by atoms with Gasteiger partial charge in [-0.1, -0.05) is 0 Å². The first-order chi connectivity index (χ1) is 10.7. The summed E-state index contributed by atoms with van der Waals surface area (Å²) >= 11 is 0. The fourth-order valence-electron chi connectivity index (χ4n) is 3.61. The van der Waals surface area contributed by atoms with Crippen LogP contribution in [0.3, 0.4) is 0 Å². The SMILES string of the molecule is O=C(O)c1cnc(C2CC3(CC(OCC(F)(F)F)C3)C2)c(F)c1. The molecule has 0 radical (unpaired) electrons. The van der Waals surface area contributed by atoms with Gasteiger partial charge in [-0.25, -0.2) is 9.18 Å². The fraction of sp³-hybridized carbons (Fsp3) is 0.600. The minimum absolute atomic E-state index is 0.0689. The third-order valence-electron chi connectivity index (χ3n) is 4.67. The monoisotopic (exact) mass is 333 g/mol. The van der Waals surface area contributed by atoms with Gasteiger partial charge in [0.05, 0.1) is 17.4 Å². The highest BCUT2D eigenvalue weighted by molar-refractivity contribution is 5.87. The second-order valence-electron chi connectivity index (χ2n) is 6.46. The molecule has 0 unspecified atom stereocenters. The number of nitrogens with zero attached hydrogens (tertiary/aromatic N) is 1. The molecule has 0 amide bonds. The fourth-order valence-corrected chi connectivity index (χ4v) is 3.61. The van der Waals surface area contributed by atoms with Crippen molar-refractivity contribution in [2.45, 2.75) is 43.9 Å². The number of hydrogen-bond donors (Lipinski definition) is 1. The van der Waals surface area contributed by atoms with Crippen LogP contribution in [-0.2, 0) is 4.74 Å². The topological polar surface area (TPSA) is 59.4 Å². The highest BCUT2D eigenvalue weighted by atomic mass is 19.4. The molecule has 1 N–H and O–H groups in total. The van der Waals surface area contributed by atoms with Gasteiger partial charge >= 0.3 is 12.1 Å². The van der Waals surface area contributed by atoms with Crippen LogP contribution in [0.5, 0.6) is 0 Å². The van der Waals surface area contributed by atoms with Gasteiger partial charge < -0.3 is 9.84 Å². The van der Waals surface area contributed by atoms with Gasteiger partial charge in [0.1, 0.15) is 12.4 Å². The van der Waals surface area contributed by atoms with Gasteiger partial charge in [0.15, 0.2) is 0 Å². The minimum atomic E-state index is -4.32. The van der Waals surface area contributed by atoms with Crippen LogP contribution in [0.15, 0.2) is 12.3 Å². The molecule has 2 fully saturated rings. The number of carboxylic acid groups (broad SMARTS) is 1. The van der Waals surface area contributed by atoms with Gasteiger partial charge in [-0.15, -0.1) is 0 Å². The molecule has 1 aromatic rings. The number of aromatic carboxylic acids is 1. The number of carboxylic acids is 1. The van der Waals surface area contributed by atoms with Crippen molar-refractivity contribution in [3.63, 3.8) is 0 Å². The Morgan fingerprint density at radius 3 is 2.52 bits per heavy atom. The van der Waals surface area contributed by atoms with Crippen molar-refractivity contribution >= 4 is 5.97 Å². The largest absolute Gasteiger partial charge is 0.478 e. The van der Waals surface area contributed by atoms with Crippen molar-refractivity contribution in [3.05, 3.63) is 29.3 Å². The first-order valence-corrected chi connectivity index (χ1v) is 7.25. The Morgan fingerprint density at radius 1 is 1.35 bits per heavy atom. The molecule has 0 atom stereocenters. The molecule has 0 saturated heterocycles. The summed E-state index contributed by atoms with van der Waals surface area (Å²) < 4.78 is 54.9. The van der Waals surface area contributed by atoms with Crippen LogP contribution < -0.4 is 0 Å². The number of hydrogen-bond acceptors (Lipinski definition) is 3. The average molecular weight is 333 g/mol. The quantitative estimate of drug-likeness (QED) is 0.857. The number of halogens is 4. The smallest absolute Gasteiger partial charge is 0.411 e. The summed E-state index contributed by atoms with van der Waals surface area (Å²) in [5, 5.41) is 8.78. The second-order valence-corrected chi connectivity index (χ2v) is 6.46. The highest BCUT2D eigenvalue weighted by Crippen LogP contribution is 2.62. The van der Waals surface area contributed by atoms with Gasteiger partial charge in [-0.05, 0) is 37.2 Å². The molecular weight excluding hydrogens is 318 g/mol. The summed E-state index contributed by atoms with van der Waals surface area (Å²) in [6.07, 6.45) is -1.18. The van der Waals surface area contributed by atoms with E-state index in [9.17, 15) is 22.4 Å². The summed E-state index contributed by atoms with van der Waals surface area (Å²) in [7, 11) is 0. The molecule has 2 aliphatic rings. The molecular formula is C15H15F4NO3. The number of pyridine rings is 1. The van der Waals surface area contributed by atoms with Crippen molar-refractivity contribution in [1.82, 2.24) is 4.98 Å². The Kier molecular flexibility index (Phi) is 3.82. The van der Waals surface area contributed by atoms with Crippen LogP contribution in [0, 0.1) is 11.2 Å². The normalized spacial score (nSPS) is 29.9. The van der Waals surface area contributed by atoms with Gasteiger partial charge in [0.2, 0.25) is 0 Å². The Balaban J connectivity index is 1.52. The average Bonchev–Trinajstić information content (AvgIpc) is 2.34. The van der Waals surface area contributed by atoms with Gasteiger partial charge in [-0.2, -0.15) is 13.2 Å². The molecule has 1 heterocycles. The maximum Gasteiger partial charge on any atom is 0.411 e. The van der Waals surface area contributed by atoms with E-state index in [4.69, 9.17) is 9.84 Å². The van der Waals surface area contributed by atoms with Crippen molar-refractivity contribution in [1.29, 1.82) is 0 Å². The van der Waals surface area contributed by atoms with Crippen LogP contribution in [0.4, 0.5) is 17.6 Å². The molecule has 126 valence electrons. The van der Waals surface area contributed by atoms with E-state index < -0.39 is 24.6 Å². The third-order valence-corrected chi connectivity index (χ3v) is 4.67. The number of carbonyl (C=O) groups is 1. The van der Waals surface area contributed by atoms with Gasteiger partial charge in [0.25, 0.3) is 0 Å². The summed E-state index contributed by atoms with van der Waals surface area (Å²) in [6, 6.07) is 0.950. The van der Waals surface area contributed by atoms with E-state index in [0.717, 1.165) is 12.3 Å². The molecule has 2 saturated carbocycles. The maximum atomic E-state index is 13.9. The molecule has 3 rings (SSSR count). The van der Waals surface area contributed by atoms with Crippen molar-refractivity contribution in [2.24, 2.45) is 5.41 Å². The zero-order chi connectivity index (χ0) is 16.8. The first-order valence-electron chi connectivity index (χ1n) is 7.25. The van der Waals surface area contributed by atoms with Crippen molar-refractivity contribution in [2.75, 3.05) is 6.61 Å². The van der Waals surface area contributed by atoms with Crippen LogP contribution in [0.2, 0.25) is 0 Å². The lowest BCUT2D eigenvalue weighted by Crippen LogP contribution is -2.51. The molecule has 8 heteroatoms. The van der Waals surface area contributed by atoms with Gasteiger partial charge in [0, 0.05) is 12.1 Å². The molecule has 1 aromatic heterocycles. The predicted octanol–water partition coefficient (Wildman–Crippen LogP) is 3.52. The zero-order valence-electron chi connectivity index (χ0n) is 12.1. The second kappa shape index (κ2) is 5.43. The van der Waals surface area contributed by atoms with Crippen LogP contribution in [0.25, 0.3) is 0 Å². The Morgan fingerprint density at radius 2 is 2.00 bits per heavy atom. The zero-order valence-corrected chi connectivity index (χ0v) is 12.1. The van der Waals surface area contributed by atoms with Crippen molar-refractivity contribution in [3.8, 4) is 0 Å². The number of ether oxygens (including phenoxy) is 1.